The van der Waals surface area contributed by atoms with Crippen LogP contribution in [-0.4, -0.2) is 24.5 Å². The zero-order valence-corrected chi connectivity index (χ0v) is 15.8. The fourth-order valence-corrected chi connectivity index (χ4v) is 5.43. The molecule has 2 aromatic rings. The molecule has 1 aliphatic rings. The van der Waals surface area contributed by atoms with Crippen molar-refractivity contribution in [2.45, 2.75) is 48.6 Å². The molecule has 6 nitrogen and oxygen atoms in total. The van der Waals surface area contributed by atoms with E-state index in [0.717, 1.165) is 17.8 Å². The number of rotatable bonds is 7. The van der Waals surface area contributed by atoms with E-state index < -0.39 is 15.7 Å². The Bertz CT molecular complexity index is 877. The van der Waals surface area contributed by atoms with Crippen molar-refractivity contribution in [2.75, 3.05) is 5.32 Å². The van der Waals surface area contributed by atoms with Crippen molar-refractivity contribution in [3.05, 3.63) is 35.6 Å². The summed E-state index contributed by atoms with van der Waals surface area (Å²) in [6.45, 7) is 0. The van der Waals surface area contributed by atoms with Crippen LogP contribution < -0.4 is 5.32 Å². The van der Waals surface area contributed by atoms with Gasteiger partial charge in [0.05, 0.1) is 5.75 Å². The number of anilines is 1. The van der Waals surface area contributed by atoms with Gasteiger partial charge >= 0.3 is 0 Å². The molecule has 1 aromatic heterocycles. The SMILES string of the molecule is O=C(CCC1CCCC1)Nc1nnc(S(=O)(=O)Cc2cccc(F)c2)s1. The first-order chi connectivity index (χ1) is 12.4. The van der Waals surface area contributed by atoms with Crippen molar-refractivity contribution in [2.24, 2.45) is 5.92 Å². The molecule has 0 radical (unpaired) electrons. The summed E-state index contributed by atoms with van der Waals surface area (Å²) in [5, 5.41) is 10.2. The summed E-state index contributed by atoms with van der Waals surface area (Å²) < 4.78 is 37.8. The van der Waals surface area contributed by atoms with E-state index in [0.29, 0.717) is 17.9 Å². The van der Waals surface area contributed by atoms with Gasteiger partial charge in [-0.15, -0.1) is 10.2 Å². The van der Waals surface area contributed by atoms with Gasteiger partial charge < -0.3 is 5.32 Å². The molecule has 0 saturated heterocycles. The lowest BCUT2D eigenvalue weighted by atomic mass is 10.0. The van der Waals surface area contributed by atoms with Gasteiger partial charge in [0.25, 0.3) is 0 Å². The molecule has 0 aliphatic heterocycles. The van der Waals surface area contributed by atoms with E-state index in [-0.39, 0.29) is 21.1 Å². The zero-order valence-electron chi connectivity index (χ0n) is 14.2. The first-order valence-electron chi connectivity index (χ1n) is 8.53. The molecule has 0 bridgehead atoms. The maximum Gasteiger partial charge on any atom is 0.234 e. The highest BCUT2D eigenvalue weighted by molar-refractivity contribution is 7.92. The van der Waals surface area contributed by atoms with Crippen LogP contribution in [0.1, 0.15) is 44.1 Å². The van der Waals surface area contributed by atoms with Crippen LogP contribution in [-0.2, 0) is 20.4 Å². The van der Waals surface area contributed by atoms with Crippen molar-refractivity contribution < 1.29 is 17.6 Å². The Morgan fingerprint density at radius 1 is 1.27 bits per heavy atom. The number of hydrogen-bond acceptors (Lipinski definition) is 6. The molecule has 1 fully saturated rings. The van der Waals surface area contributed by atoms with Crippen LogP contribution in [0, 0.1) is 11.7 Å². The summed E-state index contributed by atoms with van der Waals surface area (Å²) in [5.41, 5.74) is 0.336. The van der Waals surface area contributed by atoms with E-state index in [2.05, 4.69) is 15.5 Å². The number of nitrogens with one attached hydrogen (secondary N) is 1. The third-order valence-electron chi connectivity index (χ3n) is 4.42. The van der Waals surface area contributed by atoms with Gasteiger partial charge in [0.1, 0.15) is 5.82 Å². The Kier molecular flexibility index (Phi) is 5.98. The van der Waals surface area contributed by atoms with E-state index in [1.807, 2.05) is 0 Å². The lowest BCUT2D eigenvalue weighted by Crippen LogP contribution is -2.12. The molecule has 3 rings (SSSR count). The number of sulfone groups is 1. The molecule has 1 N–H and O–H groups in total. The quantitative estimate of drug-likeness (QED) is 0.722. The molecule has 1 aromatic carbocycles. The Morgan fingerprint density at radius 3 is 2.77 bits per heavy atom. The normalized spacial score (nSPS) is 15.3. The molecular weight excluding hydrogens is 377 g/mol. The van der Waals surface area contributed by atoms with Gasteiger partial charge in [0, 0.05) is 6.42 Å². The van der Waals surface area contributed by atoms with Crippen LogP contribution in [0.4, 0.5) is 9.52 Å². The van der Waals surface area contributed by atoms with Gasteiger partial charge in [-0.2, -0.15) is 0 Å². The molecule has 0 unspecified atom stereocenters. The Labute approximate surface area is 155 Å². The predicted molar refractivity (Wildman–Crippen MR) is 97.0 cm³/mol. The second-order valence-corrected chi connectivity index (χ2v) is 9.64. The molecule has 1 heterocycles. The van der Waals surface area contributed by atoms with E-state index in [1.165, 1.54) is 49.9 Å². The summed E-state index contributed by atoms with van der Waals surface area (Å²) in [4.78, 5) is 12.0. The lowest BCUT2D eigenvalue weighted by molar-refractivity contribution is -0.116. The predicted octanol–water partition coefficient (Wildman–Crippen LogP) is 3.56. The highest BCUT2D eigenvalue weighted by Crippen LogP contribution is 2.29. The standard InChI is InChI=1S/C17H20FN3O3S2/c18-14-7-3-6-13(10-14)11-26(23,24)17-21-20-16(25-17)19-15(22)9-8-12-4-1-2-5-12/h3,6-7,10,12H,1-2,4-5,8-9,11H2,(H,19,20,22). The number of halogens is 1. The largest absolute Gasteiger partial charge is 0.301 e. The summed E-state index contributed by atoms with van der Waals surface area (Å²) in [7, 11) is -3.74. The number of nitrogens with zero attached hydrogens (tertiary/aromatic N) is 2. The lowest BCUT2D eigenvalue weighted by Gasteiger charge is -2.07. The summed E-state index contributed by atoms with van der Waals surface area (Å²) in [6, 6.07) is 5.41. The first kappa shape index (κ1) is 18.9. The minimum atomic E-state index is -3.74. The second-order valence-electron chi connectivity index (χ2n) is 6.50. The monoisotopic (exact) mass is 397 g/mol. The number of benzene rings is 1. The minimum absolute atomic E-state index is 0.166. The molecular formula is C17H20FN3O3S2. The maximum atomic E-state index is 13.2. The number of amides is 1. The van der Waals surface area contributed by atoms with Crippen molar-refractivity contribution in [3.63, 3.8) is 0 Å². The van der Waals surface area contributed by atoms with Crippen LogP contribution in [0.3, 0.4) is 0 Å². The third kappa shape index (κ3) is 5.07. The highest BCUT2D eigenvalue weighted by atomic mass is 32.2. The van der Waals surface area contributed by atoms with Crippen molar-refractivity contribution >= 4 is 32.2 Å². The topological polar surface area (TPSA) is 89.0 Å². The number of carbonyl (C=O) groups is 1. The number of carbonyl (C=O) groups excluding carboxylic acids is 1. The van der Waals surface area contributed by atoms with Crippen molar-refractivity contribution in [3.8, 4) is 0 Å². The fraction of sp³-hybridized carbons (Fsp3) is 0.471. The van der Waals surface area contributed by atoms with E-state index in [1.54, 1.807) is 0 Å². The van der Waals surface area contributed by atoms with Gasteiger partial charge in [-0.25, -0.2) is 12.8 Å². The molecule has 9 heteroatoms. The van der Waals surface area contributed by atoms with Crippen molar-refractivity contribution in [1.82, 2.24) is 10.2 Å². The second kappa shape index (κ2) is 8.22. The summed E-state index contributed by atoms with van der Waals surface area (Å²) in [6.07, 6.45) is 6.05. The average Bonchev–Trinajstić information content (AvgIpc) is 3.24. The van der Waals surface area contributed by atoms with E-state index in [9.17, 15) is 17.6 Å². The molecule has 0 spiro atoms. The molecule has 26 heavy (non-hydrogen) atoms. The third-order valence-corrected chi connectivity index (χ3v) is 7.39. The van der Waals surface area contributed by atoms with E-state index >= 15 is 0 Å². The summed E-state index contributed by atoms with van der Waals surface area (Å²) >= 11 is 0.814. The highest BCUT2D eigenvalue weighted by Gasteiger charge is 2.22. The van der Waals surface area contributed by atoms with E-state index in [4.69, 9.17) is 0 Å². The van der Waals surface area contributed by atoms with Crippen LogP contribution >= 0.6 is 11.3 Å². The average molecular weight is 397 g/mol. The smallest absolute Gasteiger partial charge is 0.234 e. The van der Waals surface area contributed by atoms with Crippen LogP contribution in [0.25, 0.3) is 0 Å². The van der Waals surface area contributed by atoms with Gasteiger partial charge in [-0.3, -0.25) is 4.79 Å². The molecule has 1 saturated carbocycles. The first-order valence-corrected chi connectivity index (χ1v) is 11.0. The number of aromatic nitrogens is 2. The number of hydrogen-bond donors (Lipinski definition) is 1. The van der Waals surface area contributed by atoms with Crippen LogP contribution in [0.5, 0.6) is 0 Å². The van der Waals surface area contributed by atoms with Crippen LogP contribution in [0.15, 0.2) is 28.6 Å². The Morgan fingerprint density at radius 2 is 2.04 bits per heavy atom. The fourth-order valence-electron chi connectivity index (χ4n) is 3.11. The minimum Gasteiger partial charge on any atom is -0.301 e. The van der Waals surface area contributed by atoms with Gasteiger partial charge in [-0.1, -0.05) is 49.2 Å². The summed E-state index contributed by atoms with van der Waals surface area (Å²) in [5.74, 6) is -0.431. The van der Waals surface area contributed by atoms with Crippen molar-refractivity contribution in [1.29, 1.82) is 0 Å². The van der Waals surface area contributed by atoms with Gasteiger partial charge in [-0.05, 0) is 30.0 Å². The Balaban J connectivity index is 1.58. The molecule has 140 valence electrons. The van der Waals surface area contributed by atoms with Gasteiger partial charge in [0.15, 0.2) is 0 Å². The molecule has 1 aliphatic carbocycles. The Hall–Kier alpha value is -1.87. The van der Waals surface area contributed by atoms with Crippen LogP contribution in [0.2, 0.25) is 0 Å². The zero-order chi connectivity index (χ0) is 18.6. The van der Waals surface area contributed by atoms with Gasteiger partial charge in [0.2, 0.25) is 25.2 Å². The maximum absolute atomic E-state index is 13.2. The molecule has 0 atom stereocenters. The molecule has 1 amide bonds.